The summed E-state index contributed by atoms with van der Waals surface area (Å²) in [6, 6.07) is 17.5. The molecule has 12 nitrogen and oxygen atoms in total. The van der Waals surface area contributed by atoms with Crippen molar-refractivity contribution in [3.8, 4) is 0 Å². The van der Waals surface area contributed by atoms with Gasteiger partial charge in [-0.25, -0.2) is 9.80 Å². The Morgan fingerprint density at radius 3 is 1.26 bits per heavy atom. The first-order chi connectivity index (χ1) is 19.8. The Morgan fingerprint density at radius 1 is 0.558 bits per heavy atom. The summed E-state index contributed by atoms with van der Waals surface area (Å²) in [5.74, 6) is -3.82. The van der Waals surface area contributed by atoms with Gasteiger partial charge in [-0.15, -0.1) is 0 Å². The van der Waals surface area contributed by atoms with E-state index < -0.39 is 72.5 Å². The molecule has 4 amide bonds. The van der Waals surface area contributed by atoms with Crippen molar-refractivity contribution in [2.75, 3.05) is 16.9 Å². The molecule has 6 aliphatic heterocycles. The second-order valence-electron chi connectivity index (χ2n) is 11.1. The van der Waals surface area contributed by atoms with E-state index in [0.717, 1.165) is 4.90 Å². The van der Waals surface area contributed by atoms with E-state index in [1.54, 1.807) is 54.6 Å². The van der Waals surface area contributed by atoms with Crippen LogP contribution in [0.1, 0.15) is 14.9 Å². The Kier molecular flexibility index (Phi) is 8.05. The lowest BCUT2D eigenvalue weighted by Gasteiger charge is -2.27. The van der Waals surface area contributed by atoms with Crippen LogP contribution in [-0.4, -0.2) is 94.9 Å². The van der Waals surface area contributed by atoms with Crippen LogP contribution < -0.4 is 9.80 Å². The second-order valence-corrected chi connectivity index (χ2v) is 11.1. The minimum absolute atomic E-state index is 0. The number of hydrogen-bond acceptors (Lipinski definition) is 10. The highest BCUT2D eigenvalue weighted by Crippen LogP contribution is 2.51. The fourth-order valence-electron chi connectivity index (χ4n) is 7.38. The molecular weight excluding hydrogens is 560 g/mol. The van der Waals surface area contributed by atoms with Gasteiger partial charge in [-0.3, -0.25) is 19.2 Å². The number of rotatable bonds is 3. The Hall–Kier alpha value is -3.52. The van der Waals surface area contributed by atoms with Crippen LogP contribution in [0.3, 0.4) is 0 Å². The number of anilines is 2. The topological polar surface area (TPSA) is 163 Å². The molecule has 43 heavy (non-hydrogen) atoms. The van der Waals surface area contributed by atoms with E-state index in [1.165, 1.54) is 12.0 Å². The zero-order valence-electron chi connectivity index (χ0n) is 21.8. The van der Waals surface area contributed by atoms with Gasteiger partial charge in [0.25, 0.3) is 0 Å². The molecule has 6 fully saturated rings. The van der Waals surface area contributed by atoms with E-state index >= 15 is 0 Å². The number of ether oxygens (including phenoxy) is 3. The van der Waals surface area contributed by atoms with Crippen LogP contribution in [0.4, 0.5) is 11.4 Å². The summed E-state index contributed by atoms with van der Waals surface area (Å²) < 4.78 is 16.3. The Bertz CT molecular complexity index is 1370. The molecule has 3 N–H and O–H groups in total. The van der Waals surface area contributed by atoms with E-state index in [9.17, 15) is 34.5 Å². The van der Waals surface area contributed by atoms with E-state index in [4.69, 9.17) is 14.2 Å². The monoisotopic (exact) mass is 596 g/mol. The van der Waals surface area contributed by atoms with Gasteiger partial charge in [-0.05, 0) is 24.3 Å². The van der Waals surface area contributed by atoms with Crippen molar-refractivity contribution < 1.29 is 48.7 Å². The molecule has 6 aliphatic rings. The SMILES string of the molecule is C.C.COC1C(O)C2OC1C1C(=O)N(c3ccccc3)C(=O)C21.O=C1C2C3OC(C(O)C3O)C2C(=O)N1c1ccccc1. The molecule has 8 rings (SSSR count). The zero-order chi connectivity index (χ0) is 28.7. The summed E-state index contributed by atoms with van der Waals surface area (Å²) in [7, 11) is 1.48. The molecule has 2 aromatic carbocycles. The maximum absolute atomic E-state index is 12.6. The van der Waals surface area contributed by atoms with Gasteiger partial charge in [0.05, 0.1) is 59.5 Å². The van der Waals surface area contributed by atoms with Gasteiger partial charge < -0.3 is 29.5 Å². The first-order valence-electron chi connectivity index (χ1n) is 13.5. The van der Waals surface area contributed by atoms with E-state index in [2.05, 4.69) is 0 Å². The van der Waals surface area contributed by atoms with Crippen molar-refractivity contribution in [1.29, 1.82) is 0 Å². The summed E-state index contributed by atoms with van der Waals surface area (Å²) in [4.78, 5) is 52.5. The molecule has 0 spiro atoms. The van der Waals surface area contributed by atoms with Crippen LogP contribution in [-0.2, 0) is 33.4 Å². The number of para-hydroxylation sites is 2. The van der Waals surface area contributed by atoms with Crippen molar-refractivity contribution in [3.63, 3.8) is 0 Å². The summed E-state index contributed by atoms with van der Waals surface area (Å²) in [5.41, 5.74) is 1.07. The molecule has 12 heteroatoms. The normalized spacial score (nSPS) is 39.7. The fraction of sp³-hybridized carbons (Fsp3) is 0.484. The number of aliphatic hydroxyl groups is 3. The fourth-order valence-corrected chi connectivity index (χ4v) is 7.38. The summed E-state index contributed by atoms with van der Waals surface area (Å²) in [6.07, 6.45) is -6.41. The van der Waals surface area contributed by atoms with Gasteiger partial charge >= 0.3 is 0 Å². The number of aliphatic hydroxyl groups excluding tert-OH is 3. The van der Waals surface area contributed by atoms with Crippen LogP contribution in [0.2, 0.25) is 0 Å². The first-order valence-corrected chi connectivity index (χ1v) is 13.5. The summed E-state index contributed by atoms with van der Waals surface area (Å²) >= 11 is 0. The zero-order valence-corrected chi connectivity index (χ0v) is 21.8. The van der Waals surface area contributed by atoms with Crippen molar-refractivity contribution in [3.05, 3.63) is 60.7 Å². The van der Waals surface area contributed by atoms with Crippen LogP contribution in [0, 0.1) is 23.7 Å². The molecule has 4 bridgehead atoms. The average molecular weight is 597 g/mol. The van der Waals surface area contributed by atoms with Gasteiger partial charge in [0, 0.05) is 7.11 Å². The van der Waals surface area contributed by atoms with Crippen molar-refractivity contribution in [1.82, 2.24) is 0 Å². The Labute approximate surface area is 248 Å². The second kappa shape index (κ2) is 11.2. The van der Waals surface area contributed by atoms with Gasteiger partial charge in [0.1, 0.15) is 24.4 Å². The molecule has 6 heterocycles. The van der Waals surface area contributed by atoms with Crippen LogP contribution in [0.5, 0.6) is 0 Å². The lowest BCUT2D eigenvalue weighted by atomic mass is 9.78. The highest BCUT2D eigenvalue weighted by atomic mass is 16.6. The number of nitrogens with zero attached hydrogens (tertiary/aromatic N) is 2. The molecule has 0 aromatic heterocycles. The van der Waals surface area contributed by atoms with Crippen molar-refractivity contribution in [2.45, 2.75) is 63.7 Å². The maximum atomic E-state index is 12.6. The lowest BCUT2D eigenvalue weighted by molar-refractivity contribution is -0.127. The molecule has 12 unspecified atom stereocenters. The van der Waals surface area contributed by atoms with Crippen molar-refractivity contribution in [2.24, 2.45) is 23.7 Å². The van der Waals surface area contributed by atoms with Gasteiger partial charge in [0.2, 0.25) is 23.6 Å². The molecular formula is C31H36N2O10. The van der Waals surface area contributed by atoms with Gasteiger partial charge in [0.15, 0.2) is 0 Å². The number of fused-ring (bicyclic) bond motifs is 10. The molecule has 0 saturated carbocycles. The molecule has 0 aliphatic carbocycles. The first kappa shape index (κ1) is 30.9. The average Bonchev–Trinajstić information content (AvgIpc) is 3.79. The number of hydrogen-bond donors (Lipinski definition) is 3. The number of methoxy groups -OCH3 is 1. The van der Waals surface area contributed by atoms with E-state index in [0.29, 0.717) is 11.4 Å². The smallest absolute Gasteiger partial charge is 0.240 e. The molecule has 6 saturated heterocycles. The number of imide groups is 2. The highest BCUT2D eigenvalue weighted by molar-refractivity contribution is 6.23. The third-order valence-electron chi connectivity index (χ3n) is 9.16. The van der Waals surface area contributed by atoms with Crippen molar-refractivity contribution >= 4 is 35.0 Å². The van der Waals surface area contributed by atoms with Crippen LogP contribution in [0.15, 0.2) is 60.7 Å². The largest absolute Gasteiger partial charge is 0.388 e. The van der Waals surface area contributed by atoms with Crippen LogP contribution in [0.25, 0.3) is 0 Å². The molecule has 2 aromatic rings. The Morgan fingerprint density at radius 2 is 0.884 bits per heavy atom. The molecule has 0 radical (unpaired) electrons. The molecule has 230 valence electrons. The quantitative estimate of drug-likeness (QED) is 0.426. The maximum Gasteiger partial charge on any atom is 0.240 e. The predicted octanol–water partition coefficient (Wildman–Crippen LogP) is 0.516. The minimum Gasteiger partial charge on any atom is -0.388 e. The van der Waals surface area contributed by atoms with Gasteiger partial charge in [-0.1, -0.05) is 51.3 Å². The van der Waals surface area contributed by atoms with Gasteiger partial charge in [-0.2, -0.15) is 0 Å². The third kappa shape index (κ3) is 4.20. The van der Waals surface area contributed by atoms with E-state index in [1.807, 2.05) is 6.07 Å². The number of benzene rings is 2. The third-order valence-corrected chi connectivity index (χ3v) is 9.16. The number of carbonyl (C=O) groups excluding carboxylic acids is 4. The predicted molar refractivity (Wildman–Crippen MR) is 151 cm³/mol. The number of carbonyl (C=O) groups is 4. The number of amides is 4. The summed E-state index contributed by atoms with van der Waals surface area (Å²) in [6.45, 7) is 0. The summed E-state index contributed by atoms with van der Waals surface area (Å²) in [5, 5.41) is 29.8. The minimum atomic E-state index is -1.10. The molecule has 12 atom stereocenters. The Balaban J connectivity index is 0.000000164. The van der Waals surface area contributed by atoms with E-state index in [-0.39, 0.29) is 38.5 Å². The van der Waals surface area contributed by atoms with Crippen LogP contribution >= 0.6 is 0 Å². The lowest BCUT2D eigenvalue weighted by Crippen LogP contribution is -2.48. The standard InChI is InChI=1S/C15H15NO5.C14H13NO5.2CH4/c1-20-13-10(17)11-8-9(12(13)21-11)15(19)16(14(8)18)7-5-3-2-4-6-7;16-9-10(17)12-8-7(11(9)20-12)13(18)15(14(8)19)6-4-2-1-3-5-6;;/h2-6,8-13,17H,1H3;1-5,7-12,16-17H;2*1H4. The highest BCUT2D eigenvalue weighted by Gasteiger charge is 2.70.